The monoisotopic (exact) mass is 438 g/mol. The standard InChI is InChI=1S/C23H22N2O5S/c1-16-9-11-18(12-10-16)31(28,29)25-21(2)13-22(14-24,20(27)30-3)19(23(21,25)15-26)17-7-5-4-6-8-17/h4-12,15,19H,13H2,1-3H3/t19-,21-,22-,23+,25?/m0/s1. The Morgan fingerprint density at radius 3 is 2.32 bits per heavy atom. The van der Waals surface area contributed by atoms with Crippen LogP contribution in [-0.2, 0) is 24.3 Å². The van der Waals surface area contributed by atoms with Crippen LogP contribution in [0.4, 0.5) is 0 Å². The molecule has 1 saturated carbocycles. The minimum Gasteiger partial charge on any atom is -0.468 e. The van der Waals surface area contributed by atoms with Crippen molar-refractivity contribution in [3.63, 3.8) is 0 Å². The van der Waals surface area contributed by atoms with Gasteiger partial charge in [0.1, 0.15) is 11.8 Å². The summed E-state index contributed by atoms with van der Waals surface area (Å²) < 4.78 is 33.3. The lowest BCUT2D eigenvalue weighted by Gasteiger charge is -2.33. The number of carbonyl (C=O) groups excluding carboxylic acids is 2. The van der Waals surface area contributed by atoms with E-state index in [1.54, 1.807) is 49.4 Å². The number of hydrogen-bond acceptors (Lipinski definition) is 6. The maximum absolute atomic E-state index is 13.6. The zero-order valence-electron chi connectivity index (χ0n) is 17.4. The zero-order valence-corrected chi connectivity index (χ0v) is 18.2. The van der Waals surface area contributed by atoms with Crippen LogP contribution in [0, 0.1) is 23.7 Å². The predicted octanol–water partition coefficient (Wildman–Crippen LogP) is 2.57. The van der Waals surface area contributed by atoms with Crippen LogP contribution in [0.3, 0.4) is 0 Å². The van der Waals surface area contributed by atoms with Crippen molar-refractivity contribution in [3.05, 3.63) is 65.7 Å². The topological polar surface area (TPSA) is 104 Å². The average molecular weight is 439 g/mol. The fourth-order valence-electron chi connectivity index (χ4n) is 5.42. The van der Waals surface area contributed by atoms with Crippen molar-refractivity contribution in [1.29, 1.82) is 5.26 Å². The molecule has 31 heavy (non-hydrogen) atoms. The molecule has 5 atom stereocenters. The van der Waals surface area contributed by atoms with E-state index >= 15 is 0 Å². The van der Waals surface area contributed by atoms with E-state index in [2.05, 4.69) is 6.07 Å². The van der Waals surface area contributed by atoms with Crippen molar-refractivity contribution in [2.24, 2.45) is 5.41 Å². The highest BCUT2D eigenvalue weighted by Gasteiger charge is 2.90. The van der Waals surface area contributed by atoms with Crippen LogP contribution >= 0.6 is 0 Å². The van der Waals surface area contributed by atoms with Crippen molar-refractivity contribution in [2.75, 3.05) is 7.11 Å². The van der Waals surface area contributed by atoms with Gasteiger partial charge >= 0.3 is 5.97 Å². The molecule has 0 N–H and O–H groups in total. The lowest BCUT2D eigenvalue weighted by atomic mass is 9.71. The number of fused-ring (bicyclic) bond motifs is 1. The summed E-state index contributed by atoms with van der Waals surface area (Å²) >= 11 is 0. The van der Waals surface area contributed by atoms with Gasteiger partial charge in [0.15, 0.2) is 5.41 Å². The van der Waals surface area contributed by atoms with E-state index in [4.69, 9.17) is 4.74 Å². The molecule has 1 heterocycles. The predicted molar refractivity (Wildman–Crippen MR) is 111 cm³/mol. The number of hydrogen-bond donors (Lipinski definition) is 0. The smallest absolute Gasteiger partial charge is 0.327 e. The number of esters is 1. The summed E-state index contributed by atoms with van der Waals surface area (Å²) in [6.45, 7) is 3.46. The molecule has 8 heteroatoms. The summed E-state index contributed by atoms with van der Waals surface area (Å²) in [7, 11) is -2.88. The maximum atomic E-state index is 13.6. The van der Waals surface area contributed by atoms with Crippen LogP contribution in [-0.4, -0.2) is 43.2 Å². The van der Waals surface area contributed by atoms with Crippen LogP contribution in [0.5, 0.6) is 0 Å². The highest BCUT2D eigenvalue weighted by Crippen LogP contribution is 2.74. The summed E-state index contributed by atoms with van der Waals surface area (Å²) in [5.74, 6) is -1.78. The molecule has 0 spiro atoms. The van der Waals surface area contributed by atoms with Crippen molar-refractivity contribution in [3.8, 4) is 6.07 Å². The van der Waals surface area contributed by atoms with E-state index in [9.17, 15) is 23.3 Å². The number of piperidine rings is 1. The number of methoxy groups -OCH3 is 1. The molecule has 160 valence electrons. The third kappa shape index (κ3) is 2.51. The Balaban J connectivity index is 1.94. The van der Waals surface area contributed by atoms with Crippen molar-refractivity contribution < 1.29 is 22.7 Å². The molecular weight excluding hydrogens is 416 g/mol. The zero-order chi connectivity index (χ0) is 22.7. The third-order valence-corrected chi connectivity index (χ3v) is 8.83. The van der Waals surface area contributed by atoms with Gasteiger partial charge in [0.05, 0.1) is 23.6 Å². The molecule has 1 aliphatic carbocycles. The number of sulfonamides is 1. The molecule has 2 fully saturated rings. The van der Waals surface area contributed by atoms with Crippen LogP contribution in [0.15, 0.2) is 59.5 Å². The molecular formula is C23H22N2O5S. The second-order valence-electron chi connectivity index (χ2n) is 8.39. The van der Waals surface area contributed by atoms with Gasteiger partial charge in [-0.2, -0.15) is 9.57 Å². The van der Waals surface area contributed by atoms with Gasteiger partial charge in [-0.25, -0.2) is 8.42 Å². The van der Waals surface area contributed by atoms with E-state index in [-0.39, 0.29) is 11.3 Å². The Bertz CT molecular complexity index is 1200. The Morgan fingerprint density at radius 1 is 1.19 bits per heavy atom. The lowest BCUT2D eigenvalue weighted by molar-refractivity contribution is -0.151. The van der Waals surface area contributed by atoms with Gasteiger partial charge in [0.2, 0.25) is 10.0 Å². The van der Waals surface area contributed by atoms with E-state index in [0.29, 0.717) is 11.8 Å². The average Bonchev–Trinajstić information content (AvgIpc) is 3.22. The van der Waals surface area contributed by atoms with Crippen molar-refractivity contribution in [2.45, 2.75) is 42.2 Å². The lowest BCUT2D eigenvalue weighted by Crippen LogP contribution is -2.44. The normalized spacial score (nSPS) is 33.7. The molecule has 4 rings (SSSR count). The number of ether oxygens (including phenoxy) is 1. The number of nitrogens with zero attached hydrogens (tertiary/aromatic N) is 2. The van der Waals surface area contributed by atoms with Crippen molar-refractivity contribution >= 4 is 22.3 Å². The second kappa shape index (κ2) is 6.74. The summed E-state index contributed by atoms with van der Waals surface area (Å²) in [4.78, 5) is 25.6. The molecule has 2 aromatic rings. The van der Waals surface area contributed by atoms with Crippen LogP contribution in [0.2, 0.25) is 0 Å². The molecule has 2 aliphatic rings. The first-order valence-electron chi connectivity index (χ1n) is 9.79. The van der Waals surface area contributed by atoms with Gasteiger partial charge in [0, 0.05) is 5.92 Å². The van der Waals surface area contributed by atoms with Gasteiger partial charge in [-0.1, -0.05) is 48.0 Å². The first-order valence-corrected chi connectivity index (χ1v) is 11.2. The quantitative estimate of drug-likeness (QED) is 0.404. The van der Waals surface area contributed by atoms with Gasteiger partial charge in [-0.3, -0.25) is 4.79 Å². The van der Waals surface area contributed by atoms with Crippen LogP contribution in [0.1, 0.15) is 30.4 Å². The Hall–Kier alpha value is -3.02. The number of aldehydes is 1. The molecule has 1 unspecified atom stereocenters. The number of nitriles is 1. The van der Waals surface area contributed by atoms with E-state index in [0.717, 1.165) is 5.56 Å². The molecule has 0 bridgehead atoms. The Labute approximate surface area is 181 Å². The highest BCUT2D eigenvalue weighted by atomic mass is 32.2. The van der Waals surface area contributed by atoms with Gasteiger partial charge < -0.3 is 9.53 Å². The molecule has 0 amide bonds. The SMILES string of the molecule is COC(=O)[C@]1(C#N)C[C@]2(C)N(S(=O)(=O)c3ccc(C)cc3)[C@]2(C=O)[C@H]1c1ccccc1. The summed E-state index contributed by atoms with van der Waals surface area (Å²) in [6, 6.07) is 17.1. The second-order valence-corrected chi connectivity index (χ2v) is 10.2. The third-order valence-electron chi connectivity index (χ3n) is 6.77. The number of benzene rings is 2. The maximum Gasteiger partial charge on any atom is 0.327 e. The van der Waals surface area contributed by atoms with E-state index < -0.39 is 38.4 Å². The van der Waals surface area contributed by atoms with Gasteiger partial charge in [-0.15, -0.1) is 0 Å². The molecule has 1 aliphatic heterocycles. The van der Waals surface area contributed by atoms with Gasteiger partial charge in [0.25, 0.3) is 0 Å². The molecule has 1 saturated heterocycles. The van der Waals surface area contributed by atoms with Crippen molar-refractivity contribution in [1.82, 2.24) is 4.31 Å². The highest BCUT2D eigenvalue weighted by molar-refractivity contribution is 7.89. The summed E-state index contributed by atoms with van der Waals surface area (Å²) in [5, 5.41) is 10.1. The molecule has 2 aromatic carbocycles. The minimum absolute atomic E-state index is 0.0578. The molecule has 7 nitrogen and oxygen atoms in total. The number of carbonyl (C=O) groups is 2. The summed E-state index contributed by atoms with van der Waals surface area (Å²) in [6.07, 6.45) is 0.436. The minimum atomic E-state index is -4.06. The molecule has 0 aromatic heterocycles. The largest absolute Gasteiger partial charge is 0.468 e. The van der Waals surface area contributed by atoms with Crippen LogP contribution in [0.25, 0.3) is 0 Å². The van der Waals surface area contributed by atoms with E-state index in [1.807, 2.05) is 6.92 Å². The number of rotatable bonds is 5. The summed E-state index contributed by atoms with van der Waals surface area (Å²) in [5.41, 5.74) is -3.08. The first kappa shape index (κ1) is 21.2. The van der Waals surface area contributed by atoms with E-state index in [1.165, 1.54) is 23.5 Å². The Morgan fingerprint density at radius 2 is 1.81 bits per heavy atom. The van der Waals surface area contributed by atoms with Crippen LogP contribution < -0.4 is 0 Å². The Kier molecular flexibility index (Phi) is 4.61. The number of aryl methyl sites for hydroxylation is 1. The van der Waals surface area contributed by atoms with Gasteiger partial charge in [-0.05, 0) is 38.0 Å². The fourth-order valence-corrected chi connectivity index (χ4v) is 7.56. The fraction of sp³-hybridized carbons (Fsp3) is 0.348. The molecule has 0 radical (unpaired) electrons. The first-order chi connectivity index (χ1) is 14.7.